The minimum absolute atomic E-state index is 0.117. The highest BCUT2D eigenvalue weighted by Gasteiger charge is 2.34. The molecule has 2 aliphatic rings. The molecule has 9 heteroatoms. The first-order valence-corrected chi connectivity index (χ1v) is 15.1. The Bertz CT molecular complexity index is 2140. The quantitative estimate of drug-likeness (QED) is 0.236. The smallest absolute Gasteiger partial charge is 0.338 e. The number of aromatic nitrogens is 1. The Labute approximate surface area is 256 Å². The Kier molecular flexibility index (Phi) is 7.23. The first-order chi connectivity index (χ1) is 21.5. The van der Waals surface area contributed by atoms with E-state index < -0.39 is 12.0 Å². The SMILES string of the molecule is CCOC(=O)C1=C(C)N=c2sc(=Cc3cccc(OCc4cccc5ccccc45)c3)c(=O)n2[C@H]1c1ccc2c(c1)OCO2. The number of carbonyl (C=O) groups is 1. The Morgan fingerprint density at radius 2 is 1.84 bits per heavy atom. The lowest BCUT2D eigenvalue weighted by Gasteiger charge is -2.24. The average Bonchev–Trinajstić information content (AvgIpc) is 3.63. The van der Waals surface area contributed by atoms with Gasteiger partial charge in [0.15, 0.2) is 16.3 Å². The number of benzene rings is 4. The molecule has 7 rings (SSSR count). The van der Waals surface area contributed by atoms with Crippen LogP contribution in [0, 0.1) is 0 Å². The molecular weight excluding hydrogens is 576 g/mol. The minimum Gasteiger partial charge on any atom is -0.489 e. The second-order valence-corrected chi connectivity index (χ2v) is 11.4. The summed E-state index contributed by atoms with van der Waals surface area (Å²) in [6.07, 6.45) is 1.83. The van der Waals surface area contributed by atoms with Crippen molar-refractivity contribution in [2.75, 3.05) is 13.4 Å². The molecule has 0 spiro atoms. The van der Waals surface area contributed by atoms with Gasteiger partial charge in [-0.2, -0.15) is 0 Å². The normalized spacial score (nSPS) is 15.7. The summed E-state index contributed by atoms with van der Waals surface area (Å²) in [5.41, 5.74) is 3.16. The summed E-state index contributed by atoms with van der Waals surface area (Å²) in [5, 5.41) is 2.32. The lowest BCUT2D eigenvalue weighted by molar-refractivity contribution is -0.139. The van der Waals surface area contributed by atoms with E-state index in [1.54, 1.807) is 30.5 Å². The molecule has 220 valence electrons. The zero-order valence-corrected chi connectivity index (χ0v) is 24.9. The molecule has 0 saturated heterocycles. The van der Waals surface area contributed by atoms with Gasteiger partial charge in [0.2, 0.25) is 6.79 Å². The van der Waals surface area contributed by atoms with E-state index in [2.05, 4.69) is 29.3 Å². The highest BCUT2D eigenvalue weighted by atomic mass is 32.1. The van der Waals surface area contributed by atoms with Crippen LogP contribution in [0.1, 0.15) is 36.6 Å². The number of rotatable bonds is 7. The van der Waals surface area contributed by atoms with E-state index in [9.17, 15) is 9.59 Å². The second kappa shape index (κ2) is 11.5. The van der Waals surface area contributed by atoms with Crippen LogP contribution in [0.25, 0.3) is 16.8 Å². The van der Waals surface area contributed by atoms with E-state index >= 15 is 0 Å². The third kappa shape index (κ3) is 5.05. The molecule has 0 bridgehead atoms. The van der Waals surface area contributed by atoms with E-state index in [4.69, 9.17) is 18.9 Å². The summed E-state index contributed by atoms with van der Waals surface area (Å²) in [6.45, 7) is 4.25. The molecule has 1 atom stereocenters. The summed E-state index contributed by atoms with van der Waals surface area (Å²) >= 11 is 1.27. The third-order valence-electron chi connectivity index (χ3n) is 7.66. The van der Waals surface area contributed by atoms with Crippen LogP contribution in [0.3, 0.4) is 0 Å². The number of carbonyl (C=O) groups excluding carboxylic acids is 1. The largest absolute Gasteiger partial charge is 0.489 e. The Morgan fingerprint density at radius 1 is 1.02 bits per heavy atom. The fourth-order valence-corrected chi connectivity index (χ4v) is 6.66. The summed E-state index contributed by atoms with van der Waals surface area (Å²) in [6, 6.07) is 26.7. The van der Waals surface area contributed by atoms with Gasteiger partial charge in [0, 0.05) is 0 Å². The van der Waals surface area contributed by atoms with E-state index in [1.165, 1.54) is 11.3 Å². The molecule has 8 nitrogen and oxygen atoms in total. The number of ether oxygens (including phenoxy) is 4. The lowest BCUT2D eigenvalue weighted by Crippen LogP contribution is -2.39. The van der Waals surface area contributed by atoms with Crippen molar-refractivity contribution in [2.24, 2.45) is 4.99 Å². The van der Waals surface area contributed by atoms with E-state index in [1.807, 2.05) is 54.6 Å². The van der Waals surface area contributed by atoms with E-state index in [-0.39, 0.29) is 19.0 Å². The van der Waals surface area contributed by atoms with Crippen LogP contribution in [0.2, 0.25) is 0 Å². The number of fused-ring (bicyclic) bond motifs is 3. The lowest BCUT2D eigenvalue weighted by atomic mass is 9.95. The van der Waals surface area contributed by atoms with Gasteiger partial charge < -0.3 is 18.9 Å². The third-order valence-corrected chi connectivity index (χ3v) is 8.64. The molecule has 0 radical (unpaired) electrons. The highest BCUT2D eigenvalue weighted by Crippen LogP contribution is 2.38. The Balaban J connectivity index is 1.25. The van der Waals surface area contributed by atoms with Crippen molar-refractivity contribution in [3.8, 4) is 17.2 Å². The molecule has 5 aromatic rings. The molecule has 0 aliphatic carbocycles. The van der Waals surface area contributed by atoms with Crippen molar-refractivity contribution >= 4 is 34.2 Å². The van der Waals surface area contributed by atoms with Crippen LogP contribution in [-0.4, -0.2) is 23.9 Å². The topological polar surface area (TPSA) is 88.4 Å². The van der Waals surface area contributed by atoms with Crippen LogP contribution in [0.5, 0.6) is 17.2 Å². The van der Waals surface area contributed by atoms with Gasteiger partial charge >= 0.3 is 5.97 Å². The van der Waals surface area contributed by atoms with Crippen molar-refractivity contribution in [3.63, 3.8) is 0 Å². The average molecular weight is 605 g/mol. The maximum atomic E-state index is 14.0. The second-order valence-electron chi connectivity index (χ2n) is 10.4. The minimum atomic E-state index is -0.739. The molecule has 0 unspecified atom stereocenters. The van der Waals surface area contributed by atoms with Crippen LogP contribution in [-0.2, 0) is 16.1 Å². The maximum absolute atomic E-state index is 14.0. The molecule has 0 amide bonds. The van der Waals surface area contributed by atoms with Gasteiger partial charge in [0.05, 0.1) is 28.5 Å². The molecule has 0 fully saturated rings. The van der Waals surface area contributed by atoms with Crippen LogP contribution < -0.4 is 29.1 Å². The fraction of sp³-hybridized carbons (Fsp3) is 0.171. The first-order valence-electron chi connectivity index (χ1n) is 14.3. The first kappa shape index (κ1) is 27.7. The van der Waals surface area contributed by atoms with Crippen molar-refractivity contribution in [3.05, 3.63) is 133 Å². The van der Waals surface area contributed by atoms with Crippen molar-refractivity contribution in [1.29, 1.82) is 0 Å². The zero-order valence-electron chi connectivity index (χ0n) is 24.1. The predicted octanol–water partition coefficient (Wildman–Crippen LogP) is 5.26. The number of esters is 1. The van der Waals surface area contributed by atoms with Crippen LogP contribution >= 0.6 is 11.3 Å². The molecule has 44 heavy (non-hydrogen) atoms. The van der Waals surface area contributed by atoms with Gasteiger partial charge in [0.25, 0.3) is 5.56 Å². The van der Waals surface area contributed by atoms with Gasteiger partial charge in [-0.15, -0.1) is 0 Å². The number of thiazole rings is 1. The molecule has 3 heterocycles. The van der Waals surface area contributed by atoms with Crippen LogP contribution in [0.15, 0.2) is 106 Å². The number of nitrogens with zero attached hydrogens (tertiary/aromatic N) is 2. The van der Waals surface area contributed by atoms with Gasteiger partial charge in [-0.05, 0) is 71.7 Å². The standard InChI is InChI=1S/C35H28N2O6S/c1-3-40-34(39)31-21(2)36-35-37(32(31)24-14-15-28-29(18-24)43-20-42-28)33(38)30(44-35)17-22-8-6-12-26(16-22)41-19-25-11-7-10-23-9-4-5-13-27(23)25/h4-18,32H,3,19-20H2,1-2H3/t32-/m0/s1. The predicted molar refractivity (Wildman–Crippen MR) is 168 cm³/mol. The summed E-state index contributed by atoms with van der Waals surface area (Å²) in [4.78, 5) is 32.4. The summed E-state index contributed by atoms with van der Waals surface area (Å²) in [5.74, 6) is 1.35. The highest BCUT2D eigenvalue weighted by molar-refractivity contribution is 7.07. The van der Waals surface area contributed by atoms with Crippen LogP contribution in [0.4, 0.5) is 0 Å². The van der Waals surface area contributed by atoms with Crippen molar-refractivity contribution in [2.45, 2.75) is 26.5 Å². The number of hydrogen-bond donors (Lipinski definition) is 0. The maximum Gasteiger partial charge on any atom is 0.338 e. The molecule has 2 aliphatic heterocycles. The Morgan fingerprint density at radius 3 is 2.73 bits per heavy atom. The van der Waals surface area contributed by atoms with E-state index in [0.717, 1.165) is 21.9 Å². The van der Waals surface area contributed by atoms with E-state index in [0.29, 0.717) is 50.0 Å². The van der Waals surface area contributed by atoms with Gasteiger partial charge in [-0.1, -0.05) is 72.0 Å². The number of allylic oxidation sites excluding steroid dienone is 1. The Hall–Kier alpha value is -5.15. The summed E-state index contributed by atoms with van der Waals surface area (Å²) in [7, 11) is 0. The molecule has 4 aromatic carbocycles. The van der Waals surface area contributed by atoms with Crippen molar-refractivity contribution in [1.82, 2.24) is 4.57 Å². The monoisotopic (exact) mass is 604 g/mol. The number of hydrogen-bond acceptors (Lipinski definition) is 8. The van der Waals surface area contributed by atoms with Gasteiger partial charge in [-0.25, -0.2) is 9.79 Å². The zero-order chi connectivity index (χ0) is 30.2. The summed E-state index contributed by atoms with van der Waals surface area (Å²) < 4.78 is 24.7. The van der Waals surface area contributed by atoms with Gasteiger partial charge in [0.1, 0.15) is 12.4 Å². The molecule has 1 aromatic heterocycles. The van der Waals surface area contributed by atoms with Crippen molar-refractivity contribution < 1.29 is 23.7 Å². The molecule has 0 saturated carbocycles. The molecular formula is C35H28N2O6S. The fourth-order valence-electron chi connectivity index (χ4n) is 5.62. The van der Waals surface area contributed by atoms with Gasteiger partial charge in [-0.3, -0.25) is 9.36 Å². The molecule has 0 N–H and O–H groups in total.